The first kappa shape index (κ1) is 25.0. The molecule has 1 aromatic rings. The van der Waals surface area contributed by atoms with E-state index in [4.69, 9.17) is 18.9 Å². The van der Waals surface area contributed by atoms with Crippen molar-refractivity contribution in [1.29, 1.82) is 0 Å². The number of ether oxygens (including phenoxy) is 5. The zero-order valence-corrected chi connectivity index (χ0v) is 17.9. The third-order valence-electron chi connectivity index (χ3n) is 4.02. The zero-order valence-electron chi connectivity index (χ0n) is 17.9. The second-order valence-electron chi connectivity index (χ2n) is 6.72. The lowest BCUT2D eigenvalue weighted by atomic mass is 9.99. The van der Waals surface area contributed by atoms with Crippen LogP contribution in [0.5, 0.6) is 0 Å². The maximum Gasteiger partial charge on any atom is 0.346 e. The molecule has 1 aromatic carbocycles. The summed E-state index contributed by atoms with van der Waals surface area (Å²) < 4.78 is 24.1. The normalized spacial score (nSPS) is 11.7. The van der Waals surface area contributed by atoms with Crippen LogP contribution in [0.25, 0.3) is 0 Å². The van der Waals surface area contributed by atoms with Crippen molar-refractivity contribution in [3.05, 3.63) is 58.7 Å². The van der Waals surface area contributed by atoms with Crippen LogP contribution in [0.15, 0.2) is 36.4 Å². The number of cyclic esters (lactones) is 2. The molecule has 11 nitrogen and oxygen atoms in total. The molecule has 2 rings (SSSR count). The van der Waals surface area contributed by atoms with E-state index in [1.807, 2.05) is 0 Å². The first-order valence-electron chi connectivity index (χ1n) is 9.47. The Bertz CT molecular complexity index is 981. The average molecular weight is 460 g/mol. The molecule has 1 aliphatic rings. The summed E-state index contributed by atoms with van der Waals surface area (Å²) in [5.41, 5.74) is -0.907. The fourth-order valence-electron chi connectivity index (χ4n) is 2.41. The Morgan fingerprint density at radius 2 is 1.03 bits per heavy atom. The van der Waals surface area contributed by atoms with Crippen molar-refractivity contribution in [2.24, 2.45) is 0 Å². The quantitative estimate of drug-likeness (QED) is 0.165. The van der Waals surface area contributed by atoms with Gasteiger partial charge < -0.3 is 23.7 Å². The highest BCUT2D eigenvalue weighted by Gasteiger charge is 2.34. The van der Waals surface area contributed by atoms with E-state index >= 15 is 0 Å². The van der Waals surface area contributed by atoms with Gasteiger partial charge >= 0.3 is 35.8 Å². The van der Waals surface area contributed by atoms with Gasteiger partial charge in [0.05, 0.1) is 22.3 Å². The van der Waals surface area contributed by atoms with E-state index < -0.39 is 35.8 Å². The Labute approximate surface area is 187 Å². The van der Waals surface area contributed by atoms with Crippen LogP contribution < -0.4 is 0 Å². The van der Waals surface area contributed by atoms with Crippen LogP contribution >= 0.6 is 0 Å². The number of hydrogen-bond donors (Lipinski definition) is 0. The predicted octanol–water partition coefficient (Wildman–Crippen LogP) is 1.55. The zero-order chi connectivity index (χ0) is 24.7. The molecule has 174 valence electrons. The van der Waals surface area contributed by atoms with E-state index in [0.29, 0.717) is 0 Å². The van der Waals surface area contributed by atoms with Crippen LogP contribution in [0.2, 0.25) is 0 Å². The molecule has 11 heteroatoms. The predicted molar refractivity (Wildman–Crippen MR) is 108 cm³/mol. The van der Waals surface area contributed by atoms with Crippen LogP contribution in [0, 0.1) is 0 Å². The van der Waals surface area contributed by atoms with E-state index in [1.165, 1.54) is 13.8 Å². The van der Waals surface area contributed by atoms with E-state index in [-0.39, 0.29) is 59.8 Å². The largest absolute Gasteiger partial charge is 0.459 e. The van der Waals surface area contributed by atoms with Gasteiger partial charge in [0.15, 0.2) is 0 Å². The van der Waals surface area contributed by atoms with Gasteiger partial charge in [-0.25, -0.2) is 28.8 Å². The van der Waals surface area contributed by atoms with Crippen LogP contribution in [0.1, 0.15) is 55.3 Å². The highest BCUT2D eigenvalue weighted by Crippen LogP contribution is 2.25. The van der Waals surface area contributed by atoms with Crippen molar-refractivity contribution in [2.45, 2.75) is 13.8 Å². The molecule has 0 aliphatic carbocycles. The number of carbonyl (C=O) groups is 6. The molecule has 1 heterocycles. The third-order valence-corrected chi connectivity index (χ3v) is 4.02. The summed E-state index contributed by atoms with van der Waals surface area (Å²) in [6.45, 7) is 8.42. The molecular formula is C22H20O11. The molecule has 0 radical (unpaired) electrons. The topological polar surface area (TPSA) is 149 Å². The first-order valence-corrected chi connectivity index (χ1v) is 9.47. The number of benzene rings is 1. The molecule has 0 saturated carbocycles. The molecule has 0 spiro atoms. The van der Waals surface area contributed by atoms with Gasteiger partial charge in [-0.2, -0.15) is 0 Å². The Morgan fingerprint density at radius 3 is 1.36 bits per heavy atom. The van der Waals surface area contributed by atoms with Crippen molar-refractivity contribution in [3.8, 4) is 0 Å². The minimum atomic E-state index is -1.04. The van der Waals surface area contributed by atoms with Gasteiger partial charge in [0.2, 0.25) is 0 Å². The first-order chi connectivity index (χ1) is 15.5. The Hall–Kier alpha value is -4.28. The summed E-state index contributed by atoms with van der Waals surface area (Å²) in [6.07, 6.45) is 0. The highest BCUT2D eigenvalue weighted by molar-refractivity contribution is 6.17. The van der Waals surface area contributed by atoms with E-state index in [1.54, 1.807) is 0 Å². The fourth-order valence-corrected chi connectivity index (χ4v) is 2.41. The molecule has 0 amide bonds. The number of rotatable bonds is 10. The minimum absolute atomic E-state index is 0.155. The van der Waals surface area contributed by atoms with Crippen LogP contribution in [-0.4, -0.2) is 62.2 Å². The summed E-state index contributed by atoms with van der Waals surface area (Å²) in [4.78, 5) is 71.4. The van der Waals surface area contributed by atoms with Crippen LogP contribution in [-0.2, 0) is 33.3 Å². The molecule has 1 aliphatic heterocycles. The van der Waals surface area contributed by atoms with Crippen LogP contribution in [0.4, 0.5) is 0 Å². The Balaban J connectivity index is 2.14. The smallest absolute Gasteiger partial charge is 0.346 e. The molecule has 0 atom stereocenters. The van der Waals surface area contributed by atoms with Crippen LogP contribution in [0.3, 0.4) is 0 Å². The lowest BCUT2D eigenvalue weighted by Crippen LogP contribution is -2.20. The second-order valence-corrected chi connectivity index (χ2v) is 6.72. The Kier molecular flexibility index (Phi) is 8.21. The lowest BCUT2D eigenvalue weighted by molar-refractivity contribution is -0.140. The summed E-state index contributed by atoms with van der Waals surface area (Å²) in [6, 6.07) is 1.95. The van der Waals surface area contributed by atoms with E-state index in [9.17, 15) is 28.8 Å². The van der Waals surface area contributed by atoms with Gasteiger partial charge in [0.25, 0.3) is 0 Å². The molecule has 0 fully saturated rings. The summed E-state index contributed by atoms with van der Waals surface area (Å²) >= 11 is 0. The third kappa shape index (κ3) is 6.35. The van der Waals surface area contributed by atoms with E-state index in [2.05, 4.69) is 17.9 Å². The average Bonchev–Trinajstić information content (AvgIpc) is 3.05. The monoisotopic (exact) mass is 460 g/mol. The van der Waals surface area contributed by atoms with Gasteiger partial charge in [-0.3, -0.25) is 0 Å². The van der Waals surface area contributed by atoms with Crippen molar-refractivity contribution in [3.63, 3.8) is 0 Å². The fraction of sp³-hybridized carbons (Fsp3) is 0.273. The molecular weight excluding hydrogens is 440 g/mol. The maximum atomic E-state index is 12.5. The van der Waals surface area contributed by atoms with Gasteiger partial charge in [0, 0.05) is 11.1 Å². The molecule has 0 N–H and O–H groups in total. The van der Waals surface area contributed by atoms with Crippen molar-refractivity contribution < 1.29 is 52.5 Å². The highest BCUT2D eigenvalue weighted by atomic mass is 16.6. The summed E-state index contributed by atoms with van der Waals surface area (Å²) in [5.74, 6) is -5.44. The minimum Gasteiger partial charge on any atom is -0.459 e. The standard InChI is InChI=1S/C22H20O11/c1-11(2)17(23)29-5-7-31-19(25)13-9-15-16(22(28)33-21(15)27)10-14(13)20(26)32-8-6-30-18(24)12(3)4/h9-10H,1,3,5-8H2,2,4H3. The lowest BCUT2D eigenvalue weighted by Gasteiger charge is -2.11. The molecule has 0 saturated heterocycles. The molecule has 0 aromatic heterocycles. The van der Waals surface area contributed by atoms with Gasteiger partial charge in [-0.05, 0) is 26.0 Å². The second kappa shape index (κ2) is 10.8. The molecule has 0 unspecified atom stereocenters. The van der Waals surface area contributed by atoms with Gasteiger partial charge in [0.1, 0.15) is 26.4 Å². The number of fused-ring (bicyclic) bond motifs is 1. The van der Waals surface area contributed by atoms with Gasteiger partial charge in [-0.1, -0.05) is 13.2 Å². The summed E-state index contributed by atoms with van der Waals surface area (Å²) in [7, 11) is 0. The van der Waals surface area contributed by atoms with Crippen molar-refractivity contribution in [2.75, 3.05) is 26.4 Å². The van der Waals surface area contributed by atoms with E-state index in [0.717, 1.165) is 12.1 Å². The van der Waals surface area contributed by atoms with Crippen molar-refractivity contribution >= 4 is 35.8 Å². The molecule has 33 heavy (non-hydrogen) atoms. The number of carbonyl (C=O) groups excluding carboxylic acids is 6. The number of hydrogen-bond acceptors (Lipinski definition) is 11. The molecule has 0 bridgehead atoms. The SMILES string of the molecule is C=C(C)C(=O)OCCOC(=O)c1cc2c(cc1C(=O)OCCOC(=O)C(=C)C)C(=O)OC2=O. The Morgan fingerprint density at radius 1 is 0.697 bits per heavy atom. The van der Waals surface area contributed by atoms with Gasteiger partial charge in [-0.15, -0.1) is 0 Å². The maximum absolute atomic E-state index is 12.5. The summed E-state index contributed by atoms with van der Waals surface area (Å²) in [5, 5.41) is 0. The van der Waals surface area contributed by atoms with Crippen molar-refractivity contribution in [1.82, 2.24) is 0 Å². The number of esters is 6.